The number of hydrogen-bond acceptors (Lipinski definition) is 3. The first-order valence-electron chi connectivity index (χ1n) is 8.44. The molecule has 3 rings (SSSR count). The van der Waals surface area contributed by atoms with E-state index in [2.05, 4.69) is 51.6 Å². The van der Waals surface area contributed by atoms with E-state index >= 15 is 0 Å². The highest BCUT2D eigenvalue weighted by atomic mass is 16.2. The normalized spacial score (nSPS) is 21.4. The summed E-state index contributed by atoms with van der Waals surface area (Å²) >= 11 is 0. The Labute approximate surface area is 142 Å². The third-order valence-corrected chi connectivity index (χ3v) is 4.83. The number of piperidine rings is 1. The summed E-state index contributed by atoms with van der Waals surface area (Å²) < 4.78 is 0. The lowest BCUT2D eigenvalue weighted by Gasteiger charge is -2.41. The molecule has 1 fully saturated rings. The molecule has 6 nitrogen and oxygen atoms in total. The van der Waals surface area contributed by atoms with Crippen molar-refractivity contribution in [2.45, 2.75) is 38.4 Å². The summed E-state index contributed by atoms with van der Waals surface area (Å²) in [7, 11) is 1.87. The van der Waals surface area contributed by atoms with Crippen molar-refractivity contribution in [2.75, 3.05) is 18.9 Å². The second-order valence-corrected chi connectivity index (χ2v) is 6.51. The molecule has 1 aliphatic rings. The van der Waals surface area contributed by atoms with Crippen LogP contribution in [0.2, 0.25) is 0 Å². The van der Waals surface area contributed by atoms with Crippen molar-refractivity contribution in [2.24, 2.45) is 0 Å². The fraction of sp³-hybridized carbons (Fsp3) is 0.444. The van der Waals surface area contributed by atoms with Gasteiger partial charge in [-0.25, -0.2) is 4.79 Å². The number of likely N-dealkylation sites (tertiary alicyclic amines) is 1. The number of hydrogen-bond donors (Lipinski definition) is 2. The number of urea groups is 1. The monoisotopic (exact) mass is 327 g/mol. The van der Waals surface area contributed by atoms with Gasteiger partial charge in [-0.05, 0) is 25.3 Å². The Morgan fingerprint density at radius 3 is 2.88 bits per heavy atom. The van der Waals surface area contributed by atoms with Crippen molar-refractivity contribution >= 4 is 11.7 Å². The van der Waals surface area contributed by atoms with E-state index < -0.39 is 0 Å². The minimum absolute atomic E-state index is 0.0786. The summed E-state index contributed by atoms with van der Waals surface area (Å²) in [6, 6.07) is 11.2. The summed E-state index contributed by atoms with van der Waals surface area (Å²) in [5.41, 5.74) is 2.04. The molecule has 2 atom stereocenters. The summed E-state index contributed by atoms with van der Waals surface area (Å²) in [4.78, 5) is 16.7. The molecule has 1 saturated heterocycles. The van der Waals surface area contributed by atoms with Crippen LogP contribution in [-0.4, -0.2) is 51.7 Å². The molecular formula is C18H25N5O. The van der Waals surface area contributed by atoms with Gasteiger partial charge < -0.3 is 10.2 Å². The fourth-order valence-electron chi connectivity index (χ4n) is 3.30. The van der Waals surface area contributed by atoms with Gasteiger partial charge in [-0.2, -0.15) is 5.10 Å². The summed E-state index contributed by atoms with van der Waals surface area (Å²) in [6.07, 6.45) is 5.27. The predicted molar refractivity (Wildman–Crippen MR) is 94.7 cm³/mol. The maximum atomic E-state index is 12.3. The molecule has 1 aromatic heterocycles. The molecule has 6 heteroatoms. The Morgan fingerprint density at radius 1 is 1.42 bits per heavy atom. The molecule has 0 saturated carbocycles. The third-order valence-electron chi connectivity index (χ3n) is 4.83. The number of nitrogens with one attached hydrogen (secondary N) is 2. The average molecular weight is 327 g/mol. The number of amides is 2. The van der Waals surface area contributed by atoms with Crippen molar-refractivity contribution in [3.05, 3.63) is 48.3 Å². The molecule has 1 aromatic carbocycles. The van der Waals surface area contributed by atoms with Crippen molar-refractivity contribution in [1.29, 1.82) is 0 Å². The first-order chi connectivity index (χ1) is 11.6. The highest BCUT2D eigenvalue weighted by Crippen LogP contribution is 2.23. The number of benzene rings is 1. The molecule has 128 valence electrons. The van der Waals surface area contributed by atoms with E-state index in [-0.39, 0.29) is 12.1 Å². The zero-order valence-electron chi connectivity index (χ0n) is 14.3. The SMILES string of the molecule is C[C@H]1C[C@H](N(C)C(=O)Nc2cn[nH]c2)CCN1Cc1ccccc1. The van der Waals surface area contributed by atoms with Crippen LogP contribution in [0.15, 0.2) is 42.7 Å². The molecule has 2 heterocycles. The molecule has 2 aromatic rings. The molecule has 0 bridgehead atoms. The van der Waals surface area contributed by atoms with Gasteiger partial charge in [-0.1, -0.05) is 30.3 Å². The lowest BCUT2D eigenvalue weighted by Crippen LogP contribution is -2.50. The molecule has 2 amide bonds. The van der Waals surface area contributed by atoms with Gasteiger partial charge >= 0.3 is 6.03 Å². The van der Waals surface area contributed by atoms with Gasteiger partial charge in [-0.15, -0.1) is 0 Å². The number of rotatable bonds is 4. The van der Waals surface area contributed by atoms with E-state index in [0.717, 1.165) is 25.9 Å². The fourth-order valence-corrected chi connectivity index (χ4v) is 3.30. The van der Waals surface area contributed by atoms with E-state index in [0.29, 0.717) is 11.7 Å². The smallest absolute Gasteiger partial charge is 0.321 e. The van der Waals surface area contributed by atoms with Crippen LogP contribution in [0.25, 0.3) is 0 Å². The number of anilines is 1. The van der Waals surface area contributed by atoms with Gasteiger partial charge in [0.15, 0.2) is 0 Å². The Kier molecular flexibility index (Phi) is 5.15. The van der Waals surface area contributed by atoms with Crippen LogP contribution in [-0.2, 0) is 6.54 Å². The number of aromatic amines is 1. The van der Waals surface area contributed by atoms with Crippen LogP contribution in [0.5, 0.6) is 0 Å². The van der Waals surface area contributed by atoms with Crippen LogP contribution < -0.4 is 5.32 Å². The molecule has 0 unspecified atom stereocenters. The van der Waals surface area contributed by atoms with Gasteiger partial charge in [0.25, 0.3) is 0 Å². The maximum Gasteiger partial charge on any atom is 0.321 e. The van der Waals surface area contributed by atoms with Gasteiger partial charge in [-0.3, -0.25) is 10.00 Å². The topological polar surface area (TPSA) is 64.3 Å². The summed E-state index contributed by atoms with van der Waals surface area (Å²) in [5.74, 6) is 0. The lowest BCUT2D eigenvalue weighted by atomic mass is 9.96. The number of aromatic nitrogens is 2. The number of carbonyl (C=O) groups excluding carboxylic acids is 1. The van der Waals surface area contributed by atoms with Crippen LogP contribution in [0, 0.1) is 0 Å². The predicted octanol–water partition coefficient (Wildman–Crippen LogP) is 2.93. The number of nitrogens with zero attached hydrogens (tertiary/aromatic N) is 3. The van der Waals surface area contributed by atoms with Crippen LogP contribution >= 0.6 is 0 Å². The zero-order valence-corrected chi connectivity index (χ0v) is 14.3. The van der Waals surface area contributed by atoms with Gasteiger partial charge in [0.05, 0.1) is 11.9 Å². The Bertz CT molecular complexity index is 643. The van der Waals surface area contributed by atoms with Crippen molar-refractivity contribution in [1.82, 2.24) is 20.0 Å². The largest absolute Gasteiger partial charge is 0.325 e. The lowest BCUT2D eigenvalue weighted by molar-refractivity contribution is 0.0942. The first kappa shape index (κ1) is 16.5. The second kappa shape index (κ2) is 7.49. The van der Waals surface area contributed by atoms with E-state index in [1.807, 2.05) is 18.0 Å². The van der Waals surface area contributed by atoms with Crippen LogP contribution in [0.1, 0.15) is 25.3 Å². The second-order valence-electron chi connectivity index (χ2n) is 6.51. The van der Waals surface area contributed by atoms with Crippen LogP contribution in [0.4, 0.5) is 10.5 Å². The minimum Gasteiger partial charge on any atom is -0.325 e. The molecule has 0 aliphatic carbocycles. The van der Waals surface area contributed by atoms with Crippen LogP contribution in [0.3, 0.4) is 0 Å². The Hall–Kier alpha value is -2.34. The Balaban J connectivity index is 1.53. The van der Waals surface area contributed by atoms with E-state index in [1.165, 1.54) is 5.56 Å². The molecule has 0 spiro atoms. The number of H-pyrrole nitrogens is 1. The summed E-state index contributed by atoms with van der Waals surface area (Å²) in [6.45, 7) is 4.22. The number of carbonyl (C=O) groups is 1. The van der Waals surface area contributed by atoms with Gasteiger partial charge in [0.1, 0.15) is 0 Å². The third kappa shape index (κ3) is 3.94. The highest BCUT2D eigenvalue weighted by molar-refractivity contribution is 5.89. The maximum absolute atomic E-state index is 12.3. The highest BCUT2D eigenvalue weighted by Gasteiger charge is 2.29. The molecule has 0 radical (unpaired) electrons. The molecule has 24 heavy (non-hydrogen) atoms. The molecule has 2 N–H and O–H groups in total. The van der Waals surface area contributed by atoms with E-state index in [1.54, 1.807) is 12.4 Å². The minimum atomic E-state index is -0.0786. The van der Waals surface area contributed by atoms with Crippen molar-refractivity contribution in [3.63, 3.8) is 0 Å². The first-order valence-corrected chi connectivity index (χ1v) is 8.44. The van der Waals surface area contributed by atoms with Gasteiger partial charge in [0, 0.05) is 38.4 Å². The summed E-state index contributed by atoms with van der Waals surface area (Å²) in [5, 5.41) is 9.41. The molecular weight excluding hydrogens is 302 g/mol. The standard InChI is InChI=1S/C18H25N5O/c1-14-10-17(22(2)18(24)21-16-11-19-20-12-16)8-9-23(14)13-15-6-4-3-5-7-15/h3-7,11-12,14,17H,8-10,13H2,1-2H3,(H,19,20)(H,21,24)/t14-,17+/m0/s1. The van der Waals surface area contributed by atoms with Gasteiger partial charge in [0.2, 0.25) is 0 Å². The van der Waals surface area contributed by atoms with Crippen molar-refractivity contribution < 1.29 is 4.79 Å². The zero-order chi connectivity index (χ0) is 16.9. The van der Waals surface area contributed by atoms with Crippen molar-refractivity contribution in [3.8, 4) is 0 Å². The van der Waals surface area contributed by atoms with E-state index in [4.69, 9.17) is 0 Å². The Morgan fingerprint density at radius 2 is 2.21 bits per heavy atom. The quantitative estimate of drug-likeness (QED) is 0.907. The molecule has 1 aliphatic heterocycles. The average Bonchev–Trinajstić information content (AvgIpc) is 3.10. The van der Waals surface area contributed by atoms with E-state index in [9.17, 15) is 4.79 Å².